The molecule has 3 rings (SSSR count). The van der Waals surface area contributed by atoms with Crippen molar-refractivity contribution in [3.63, 3.8) is 0 Å². The van der Waals surface area contributed by atoms with Gasteiger partial charge in [0.15, 0.2) is 5.65 Å². The molecule has 7 heteroatoms. The van der Waals surface area contributed by atoms with E-state index in [1.807, 2.05) is 37.0 Å². The minimum absolute atomic E-state index is 0.162. The zero-order chi connectivity index (χ0) is 15.0. The lowest BCUT2D eigenvalue weighted by atomic mass is 10.3. The number of aromatic nitrogens is 5. The third-order valence-electron chi connectivity index (χ3n) is 3.45. The summed E-state index contributed by atoms with van der Waals surface area (Å²) in [4.78, 5) is 9.09. The van der Waals surface area contributed by atoms with Gasteiger partial charge in [0.2, 0.25) is 0 Å². The average molecular weight is 369 g/mol. The van der Waals surface area contributed by atoms with Gasteiger partial charge in [0.25, 0.3) is 0 Å². The van der Waals surface area contributed by atoms with Gasteiger partial charge < -0.3 is 4.57 Å². The highest BCUT2D eigenvalue weighted by atomic mass is 79.9. The Bertz CT molecular complexity index is 777. The fraction of sp³-hybridized carbons (Fsp3) is 0.357. The Morgan fingerprint density at radius 1 is 1.43 bits per heavy atom. The summed E-state index contributed by atoms with van der Waals surface area (Å²) in [6.45, 7) is 2.70. The van der Waals surface area contributed by atoms with Crippen molar-refractivity contribution in [2.45, 2.75) is 25.3 Å². The quantitative estimate of drug-likeness (QED) is 0.663. The van der Waals surface area contributed by atoms with Crippen LogP contribution in [-0.4, -0.2) is 24.3 Å². The van der Waals surface area contributed by atoms with Crippen LogP contribution in [0.5, 0.6) is 0 Å². The Balaban J connectivity index is 1.99. The average Bonchev–Trinajstić information content (AvgIpc) is 2.99. The van der Waals surface area contributed by atoms with E-state index in [0.717, 1.165) is 34.4 Å². The number of pyridine rings is 1. The van der Waals surface area contributed by atoms with Gasteiger partial charge in [-0.25, -0.2) is 9.97 Å². The minimum Gasteiger partial charge on any atom is -0.311 e. The second-order valence-electron chi connectivity index (χ2n) is 4.93. The summed E-state index contributed by atoms with van der Waals surface area (Å²) < 4.78 is 4.89. The molecule has 0 radical (unpaired) electrons. The van der Waals surface area contributed by atoms with Gasteiger partial charge in [-0.15, -0.1) is 11.6 Å². The Morgan fingerprint density at radius 3 is 2.90 bits per heavy atom. The van der Waals surface area contributed by atoms with Crippen molar-refractivity contribution < 1.29 is 0 Å². The molecule has 0 bridgehead atoms. The normalized spacial score (nSPS) is 13.0. The molecular formula is C14H15BrClN5. The molecule has 0 aliphatic rings. The molecule has 1 atom stereocenters. The monoisotopic (exact) mass is 367 g/mol. The summed E-state index contributed by atoms with van der Waals surface area (Å²) in [5, 5.41) is 4.03. The highest BCUT2D eigenvalue weighted by molar-refractivity contribution is 9.10. The van der Waals surface area contributed by atoms with Crippen LogP contribution in [0.4, 0.5) is 0 Å². The smallest absolute Gasteiger partial charge is 0.160 e. The second kappa shape index (κ2) is 5.77. The number of aryl methyl sites for hydroxylation is 3. The van der Waals surface area contributed by atoms with Gasteiger partial charge in [-0.2, -0.15) is 5.10 Å². The summed E-state index contributed by atoms with van der Waals surface area (Å²) in [5.41, 5.74) is 2.89. The van der Waals surface area contributed by atoms with Crippen LogP contribution in [0.3, 0.4) is 0 Å². The van der Waals surface area contributed by atoms with Crippen molar-refractivity contribution >= 4 is 38.7 Å². The Hall–Kier alpha value is -1.40. The van der Waals surface area contributed by atoms with E-state index < -0.39 is 0 Å². The van der Waals surface area contributed by atoms with Crippen LogP contribution in [0.2, 0.25) is 0 Å². The van der Waals surface area contributed by atoms with E-state index >= 15 is 0 Å². The molecule has 1 unspecified atom stereocenters. The fourth-order valence-electron chi connectivity index (χ4n) is 2.40. The van der Waals surface area contributed by atoms with Crippen molar-refractivity contribution in [1.29, 1.82) is 0 Å². The topological polar surface area (TPSA) is 48.5 Å². The summed E-state index contributed by atoms with van der Waals surface area (Å²) in [6.07, 6.45) is 4.45. The first-order valence-corrected chi connectivity index (χ1v) is 7.92. The number of rotatable bonds is 4. The van der Waals surface area contributed by atoms with Crippen LogP contribution < -0.4 is 0 Å². The predicted molar refractivity (Wildman–Crippen MR) is 86.4 cm³/mol. The zero-order valence-corrected chi connectivity index (χ0v) is 14.1. The lowest BCUT2D eigenvalue weighted by Gasteiger charge is -2.10. The lowest BCUT2D eigenvalue weighted by Crippen LogP contribution is -2.09. The number of alkyl halides is 1. The van der Waals surface area contributed by atoms with Crippen LogP contribution in [0, 0.1) is 0 Å². The summed E-state index contributed by atoms with van der Waals surface area (Å²) in [6, 6.07) is 3.98. The molecule has 21 heavy (non-hydrogen) atoms. The van der Waals surface area contributed by atoms with Gasteiger partial charge in [-0.3, -0.25) is 4.68 Å². The molecule has 0 amide bonds. The molecule has 0 aliphatic heterocycles. The van der Waals surface area contributed by atoms with Crippen LogP contribution in [0.25, 0.3) is 11.2 Å². The molecule has 0 saturated heterocycles. The minimum atomic E-state index is -0.162. The van der Waals surface area contributed by atoms with Crippen molar-refractivity contribution in [1.82, 2.24) is 24.3 Å². The number of hydrogen-bond acceptors (Lipinski definition) is 3. The van der Waals surface area contributed by atoms with E-state index in [2.05, 4.69) is 35.6 Å². The molecule has 110 valence electrons. The van der Waals surface area contributed by atoms with Gasteiger partial charge in [-0.05, 0) is 35.0 Å². The summed E-state index contributed by atoms with van der Waals surface area (Å²) in [7, 11) is 1.95. The molecule has 0 saturated carbocycles. The maximum absolute atomic E-state index is 6.27. The number of fused-ring (bicyclic) bond motifs is 1. The van der Waals surface area contributed by atoms with E-state index in [4.69, 9.17) is 11.6 Å². The van der Waals surface area contributed by atoms with Crippen LogP contribution in [0.1, 0.15) is 23.8 Å². The van der Waals surface area contributed by atoms with Gasteiger partial charge in [0.05, 0.1) is 5.38 Å². The van der Waals surface area contributed by atoms with Crippen molar-refractivity contribution in [2.24, 2.45) is 7.05 Å². The first kappa shape index (κ1) is 14.5. The third kappa shape index (κ3) is 2.82. The SMILES string of the molecule is CC(Cl)c1nc2cc(Br)cnc2n1CCc1ccnn1C. The zero-order valence-electron chi connectivity index (χ0n) is 11.8. The largest absolute Gasteiger partial charge is 0.311 e. The molecule has 3 aromatic heterocycles. The van der Waals surface area contributed by atoms with Crippen molar-refractivity contribution in [3.8, 4) is 0 Å². The van der Waals surface area contributed by atoms with Gasteiger partial charge in [0, 0.05) is 42.6 Å². The number of halogens is 2. The number of nitrogens with zero attached hydrogens (tertiary/aromatic N) is 5. The van der Waals surface area contributed by atoms with Crippen LogP contribution >= 0.6 is 27.5 Å². The molecule has 3 heterocycles. The Morgan fingerprint density at radius 2 is 2.24 bits per heavy atom. The Labute approximate surface area is 136 Å². The molecule has 0 fully saturated rings. The molecule has 5 nitrogen and oxygen atoms in total. The number of hydrogen-bond donors (Lipinski definition) is 0. The van der Waals surface area contributed by atoms with E-state index in [1.54, 1.807) is 6.20 Å². The second-order valence-corrected chi connectivity index (χ2v) is 6.50. The first-order valence-electron chi connectivity index (χ1n) is 6.69. The number of imidazole rings is 1. The van der Waals surface area contributed by atoms with Crippen LogP contribution in [-0.2, 0) is 20.0 Å². The van der Waals surface area contributed by atoms with Gasteiger partial charge >= 0.3 is 0 Å². The standard InChI is InChI=1S/C14H15BrClN5/c1-9(16)13-19-12-7-10(15)8-17-14(12)21(13)6-4-11-3-5-18-20(11)2/h3,5,7-9H,4,6H2,1-2H3. The molecular weight excluding hydrogens is 354 g/mol. The highest BCUT2D eigenvalue weighted by Gasteiger charge is 2.16. The molecule has 3 aromatic rings. The van der Waals surface area contributed by atoms with Crippen LogP contribution in [0.15, 0.2) is 29.0 Å². The highest BCUT2D eigenvalue weighted by Crippen LogP contribution is 2.25. The van der Waals surface area contributed by atoms with E-state index in [-0.39, 0.29) is 5.38 Å². The van der Waals surface area contributed by atoms with E-state index in [0.29, 0.717) is 0 Å². The third-order valence-corrected chi connectivity index (χ3v) is 4.08. The summed E-state index contributed by atoms with van der Waals surface area (Å²) >= 11 is 9.70. The molecule has 0 aliphatic carbocycles. The fourth-order valence-corrected chi connectivity index (χ4v) is 2.89. The van der Waals surface area contributed by atoms with E-state index in [1.165, 1.54) is 5.69 Å². The van der Waals surface area contributed by atoms with Crippen molar-refractivity contribution in [2.75, 3.05) is 0 Å². The molecule has 0 N–H and O–H groups in total. The van der Waals surface area contributed by atoms with E-state index in [9.17, 15) is 0 Å². The van der Waals surface area contributed by atoms with Gasteiger partial charge in [0.1, 0.15) is 11.3 Å². The maximum atomic E-state index is 6.27. The lowest BCUT2D eigenvalue weighted by molar-refractivity contribution is 0.621. The maximum Gasteiger partial charge on any atom is 0.160 e. The first-order chi connectivity index (χ1) is 10.1. The summed E-state index contributed by atoms with van der Waals surface area (Å²) in [5.74, 6) is 0.847. The molecule has 0 aromatic carbocycles. The molecule has 0 spiro atoms. The van der Waals surface area contributed by atoms with Gasteiger partial charge in [-0.1, -0.05) is 0 Å². The predicted octanol–water partition coefficient (Wildman–Crippen LogP) is 3.47. The van der Waals surface area contributed by atoms with Crippen molar-refractivity contribution in [3.05, 3.63) is 40.5 Å². The Kier molecular flexibility index (Phi) is 3.99.